The molecule has 1 rings (SSSR count). The van der Waals surface area contributed by atoms with Gasteiger partial charge in [0, 0.05) is 8.96 Å². The molecule has 0 aromatic carbocycles. The second-order valence-corrected chi connectivity index (χ2v) is 4.86. The van der Waals surface area contributed by atoms with Crippen molar-refractivity contribution < 1.29 is 5.11 Å². The van der Waals surface area contributed by atoms with E-state index in [1.54, 1.807) is 0 Å². The van der Waals surface area contributed by atoms with Crippen LogP contribution in [0.3, 0.4) is 0 Å². The molecule has 0 amide bonds. The first-order chi connectivity index (χ1) is 4.61. The van der Waals surface area contributed by atoms with Crippen molar-refractivity contribution in [2.24, 2.45) is 0 Å². The Morgan fingerprint density at radius 2 is 2.00 bits per heavy atom. The number of allylic oxidation sites excluding steroid dienone is 2. The van der Waals surface area contributed by atoms with E-state index in [9.17, 15) is 5.11 Å². The minimum atomic E-state index is -0.457. The van der Waals surface area contributed by atoms with Gasteiger partial charge in [0.1, 0.15) is 6.10 Å². The van der Waals surface area contributed by atoms with Gasteiger partial charge < -0.3 is 5.11 Å². The van der Waals surface area contributed by atoms with Crippen LogP contribution < -0.4 is 0 Å². The molecule has 2 unspecified atom stereocenters. The van der Waals surface area contributed by atoms with Gasteiger partial charge in [0.15, 0.2) is 0 Å². The fraction of sp³-hybridized carbons (Fsp3) is 0.333. The second-order valence-electron chi connectivity index (χ2n) is 1.97. The predicted octanol–water partition coefficient (Wildman–Crippen LogP) is 2.68. The van der Waals surface area contributed by atoms with Crippen LogP contribution in [0.25, 0.3) is 0 Å². The van der Waals surface area contributed by atoms with E-state index in [0.717, 1.165) is 8.96 Å². The Hall–Kier alpha value is 0.880. The first kappa shape index (κ1) is 8.97. The lowest BCUT2D eigenvalue weighted by Crippen LogP contribution is -2.20. The molecule has 2 atom stereocenters. The summed E-state index contributed by atoms with van der Waals surface area (Å²) in [6.45, 7) is 0. The highest BCUT2D eigenvalue weighted by Gasteiger charge is 2.20. The Balaban J connectivity index is 2.85. The van der Waals surface area contributed by atoms with Crippen molar-refractivity contribution in [2.75, 3.05) is 0 Å². The molecule has 0 aromatic rings. The van der Waals surface area contributed by atoms with Gasteiger partial charge in [-0.3, -0.25) is 0 Å². The lowest BCUT2D eigenvalue weighted by molar-refractivity contribution is 0.229. The van der Waals surface area contributed by atoms with Crippen molar-refractivity contribution in [1.82, 2.24) is 0 Å². The van der Waals surface area contributed by atoms with Crippen molar-refractivity contribution in [1.29, 1.82) is 0 Å². The number of aliphatic hydroxyl groups is 1. The van der Waals surface area contributed by atoms with Crippen LogP contribution in [0.4, 0.5) is 0 Å². The zero-order valence-electron chi connectivity index (χ0n) is 4.89. The van der Waals surface area contributed by atoms with Gasteiger partial charge in [-0.05, 0) is 6.08 Å². The topological polar surface area (TPSA) is 20.2 Å². The number of halogens is 3. The van der Waals surface area contributed by atoms with Crippen LogP contribution in [-0.2, 0) is 0 Å². The van der Waals surface area contributed by atoms with Crippen LogP contribution in [0.15, 0.2) is 21.1 Å². The number of hydrogen-bond donors (Lipinski definition) is 1. The van der Waals surface area contributed by atoms with E-state index in [2.05, 4.69) is 47.8 Å². The Kier molecular flexibility index (Phi) is 3.16. The SMILES string of the molecule is OC1C(Br)=CC(Br)=CC1Br. The molecule has 1 N–H and O–H groups in total. The van der Waals surface area contributed by atoms with Crippen LogP contribution in [0, 0.1) is 0 Å². The Bertz CT molecular complexity index is 197. The van der Waals surface area contributed by atoms with Gasteiger partial charge in [0.25, 0.3) is 0 Å². The largest absolute Gasteiger partial charge is 0.386 e. The molecule has 0 bridgehead atoms. The highest BCUT2D eigenvalue weighted by atomic mass is 79.9. The Morgan fingerprint density at radius 3 is 2.50 bits per heavy atom. The highest BCUT2D eigenvalue weighted by Crippen LogP contribution is 2.29. The predicted molar refractivity (Wildman–Crippen MR) is 52.7 cm³/mol. The number of rotatable bonds is 0. The molecular formula is C6H5Br3O. The zero-order valence-corrected chi connectivity index (χ0v) is 9.65. The number of hydrogen-bond acceptors (Lipinski definition) is 1. The van der Waals surface area contributed by atoms with Crippen LogP contribution in [-0.4, -0.2) is 16.0 Å². The maximum absolute atomic E-state index is 9.34. The molecule has 1 aliphatic carbocycles. The minimum absolute atomic E-state index is 0.00116. The molecular weight excluding hydrogens is 328 g/mol. The molecule has 1 aliphatic rings. The fourth-order valence-electron chi connectivity index (χ4n) is 0.661. The number of aliphatic hydroxyl groups excluding tert-OH is 1. The van der Waals surface area contributed by atoms with Crippen LogP contribution >= 0.6 is 47.8 Å². The molecule has 0 fully saturated rings. The summed E-state index contributed by atoms with van der Waals surface area (Å²) in [6, 6.07) is 0. The zero-order chi connectivity index (χ0) is 7.72. The average Bonchev–Trinajstić information content (AvgIpc) is 1.82. The van der Waals surface area contributed by atoms with Crippen LogP contribution in [0.2, 0.25) is 0 Å². The smallest absolute Gasteiger partial charge is 0.101 e. The molecule has 0 heterocycles. The van der Waals surface area contributed by atoms with Gasteiger partial charge in [-0.1, -0.05) is 53.9 Å². The maximum atomic E-state index is 9.34. The van der Waals surface area contributed by atoms with Gasteiger partial charge in [-0.25, -0.2) is 0 Å². The Labute approximate surface area is 84.6 Å². The van der Waals surface area contributed by atoms with Crippen molar-refractivity contribution in [3.63, 3.8) is 0 Å². The molecule has 0 aliphatic heterocycles. The average molecular weight is 333 g/mol. The van der Waals surface area contributed by atoms with E-state index in [4.69, 9.17) is 0 Å². The molecule has 0 saturated heterocycles. The van der Waals surface area contributed by atoms with Gasteiger partial charge in [0.05, 0.1) is 4.83 Å². The third-order valence-corrected chi connectivity index (χ3v) is 3.13. The van der Waals surface area contributed by atoms with E-state index < -0.39 is 6.10 Å². The monoisotopic (exact) mass is 330 g/mol. The number of alkyl halides is 1. The van der Waals surface area contributed by atoms with Crippen molar-refractivity contribution in [2.45, 2.75) is 10.9 Å². The molecule has 0 saturated carbocycles. The van der Waals surface area contributed by atoms with Gasteiger partial charge >= 0.3 is 0 Å². The standard InChI is InChI=1S/C6H5Br3O/c7-3-1-4(8)6(10)5(9)2-3/h1-2,4,6,10H. The summed E-state index contributed by atoms with van der Waals surface area (Å²) in [7, 11) is 0. The lowest BCUT2D eigenvalue weighted by atomic mass is 10.1. The van der Waals surface area contributed by atoms with Gasteiger partial charge in [-0.15, -0.1) is 0 Å². The van der Waals surface area contributed by atoms with E-state index in [0.29, 0.717) is 0 Å². The molecule has 0 spiro atoms. The first-order valence-corrected chi connectivity index (χ1v) is 5.18. The van der Waals surface area contributed by atoms with Crippen LogP contribution in [0.1, 0.15) is 0 Å². The van der Waals surface area contributed by atoms with Crippen LogP contribution in [0.5, 0.6) is 0 Å². The van der Waals surface area contributed by atoms with Crippen molar-refractivity contribution in [3.05, 3.63) is 21.1 Å². The van der Waals surface area contributed by atoms with E-state index in [1.165, 1.54) is 0 Å². The van der Waals surface area contributed by atoms with Gasteiger partial charge in [0.2, 0.25) is 0 Å². The van der Waals surface area contributed by atoms with E-state index in [1.807, 2.05) is 12.2 Å². The first-order valence-electron chi connectivity index (χ1n) is 2.68. The molecule has 0 radical (unpaired) electrons. The summed E-state index contributed by atoms with van der Waals surface area (Å²) in [4.78, 5) is 0.00116. The molecule has 4 heteroatoms. The summed E-state index contributed by atoms with van der Waals surface area (Å²) in [5.41, 5.74) is 0. The fourth-order valence-corrected chi connectivity index (χ4v) is 3.31. The summed E-state index contributed by atoms with van der Waals surface area (Å²) >= 11 is 9.86. The normalized spacial score (nSPS) is 33.2. The van der Waals surface area contributed by atoms with Crippen molar-refractivity contribution >= 4 is 47.8 Å². The van der Waals surface area contributed by atoms with E-state index >= 15 is 0 Å². The van der Waals surface area contributed by atoms with E-state index in [-0.39, 0.29) is 4.83 Å². The van der Waals surface area contributed by atoms with Crippen molar-refractivity contribution in [3.8, 4) is 0 Å². The Morgan fingerprint density at radius 1 is 1.40 bits per heavy atom. The maximum Gasteiger partial charge on any atom is 0.101 e. The second kappa shape index (κ2) is 3.52. The molecule has 0 aromatic heterocycles. The highest BCUT2D eigenvalue weighted by molar-refractivity contribution is 9.12. The summed E-state index contributed by atoms with van der Waals surface area (Å²) in [6.07, 6.45) is 3.28. The minimum Gasteiger partial charge on any atom is -0.386 e. The summed E-state index contributed by atoms with van der Waals surface area (Å²) in [5.74, 6) is 0. The molecule has 10 heavy (non-hydrogen) atoms. The third kappa shape index (κ3) is 1.94. The quantitative estimate of drug-likeness (QED) is 0.676. The summed E-state index contributed by atoms with van der Waals surface area (Å²) in [5, 5.41) is 9.34. The third-order valence-electron chi connectivity index (χ3n) is 1.18. The van der Waals surface area contributed by atoms with Gasteiger partial charge in [-0.2, -0.15) is 0 Å². The summed E-state index contributed by atoms with van der Waals surface area (Å²) < 4.78 is 1.77. The lowest BCUT2D eigenvalue weighted by Gasteiger charge is -2.17. The molecule has 56 valence electrons. The molecule has 1 nitrogen and oxygen atoms in total.